The second-order valence-corrected chi connectivity index (χ2v) is 7.14. The molecule has 1 aromatic carbocycles. The molecule has 2 heterocycles. The van der Waals surface area contributed by atoms with E-state index in [9.17, 15) is 4.79 Å². The molecule has 0 spiro atoms. The summed E-state index contributed by atoms with van der Waals surface area (Å²) in [6, 6.07) is 9.96. The van der Waals surface area contributed by atoms with Crippen molar-refractivity contribution >= 4 is 11.6 Å². The summed E-state index contributed by atoms with van der Waals surface area (Å²) in [5, 5.41) is 13.4. The van der Waals surface area contributed by atoms with E-state index in [1.807, 2.05) is 45.0 Å². The molecular formula is C22H25N5O2. The van der Waals surface area contributed by atoms with E-state index in [1.165, 1.54) is 11.8 Å². The highest BCUT2D eigenvalue weighted by molar-refractivity contribution is 5.76. The molecule has 0 unspecified atom stereocenters. The van der Waals surface area contributed by atoms with Gasteiger partial charge in [-0.1, -0.05) is 17.7 Å². The zero-order valence-corrected chi connectivity index (χ0v) is 17.3. The minimum atomic E-state index is 0.0505. The third-order valence-electron chi connectivity index (χ3n) is 5.06. The van der Waals surface area contributed by atoms with Gasteiger partial charge in [0.25, 0.3) is 0 Å². The summed E-state index contributed by atoms with van der Waals surface area (Å²) in [5.41, 5.74) is 4.91. The first kappa shape index (κ1) is 20.3. The summed E-state index contributed by atoms with van der Waals surface area (Å²) in [5.74, 6) is 0.854. The number of likely N-dealkylation sites (N-methyl/N-ethyl adjacent to an activating group) is 1. The van der Waals surface area contributed by atoms with Crippen molar-refractivity contribution in [3.05, 3.63) is 58.5 Å². The van der Waals surface area contributed by atoms with E-state index < -0.39 is 0 Å². The largest absolute Gasteiger partial charge is 0.492 e. The van der Waals surface area contributed by atoms with Gasteiger partial charge in [-0.2, -0.15) is 10.4 Å². The predicted molar refractivity (Wildman–Crippen MR) is 110 cm³/mol. The molecule has 0 saturated heterocycles. The summed E-state index contributed by atoms with van der Waals surface area (Å²) in [6.07, 6.45) is 2.47. The number of hydrogen-bond acceptors (Lipinski definition) is 5. The van der Waals surface area contributed by atoms with Gasteiger partial charge in [-0.3, -0.25) is 4.79 Å². The Balaban J connectivity index is 1.57. The molecule has 2 aromatic heterocycles. The molecule has 7 nitrogen and oxygen atoms in total. The van der Waals surface area contributed by atoms with Crippen LogP contribution in [0.2, 0.25) is 0 Å². The molecule has 0 aliphatic heterocycles. The summed E-state index contributed by atoms with van der Waals surface area (Å²) in [6.45, 7) is 6.84. The molecular weight excluding hydrogens is 366 g/mol. The maximum absolute atomic E-state index is 12.5. The number of carbonyl (C=O) groups excluding carboxylic acids is 1. The van der Waals surface area contributed by atoms with E-state index in [-0.39, 0.29) is 5.91 Å². The standard InChI is InChI=1S/C22H25N5O2/c1-15-5-7-19(8-6-15)29-12-11-26(4)21(28)10-9-20-16(2)25-22-18(13-23)14-24-27(22)17(20)3/h5-8,14H,9-12H2,1-4H3. The Labute approximate surface area is 170 Å². The number of amides is 1. The van der Waals surface area contributed by atoms with Crippen LogP contribution in [0.3, 0.4) is 0 Å². The topological polar surface area (TPSA) is 83.5 Å². The lowest BCUT2D eigenvalue weighted by molar-refractivity contribution is -0.130. The zero-order chi connectivity index (χ0) is 21.0. The molecule has 3 rings (SSSR count). The molecule has 0 N–H and O–H groups in total. The van der Waals surface area contributed by atoms with Crippen LogP contribution in [-0.2, 0) is 11.2 Å². The van der Waals surface area contributed by atoms with Gasteiger partial charge in [0.05, 0.1) is 12.7 Å². The Bertz CT molecular complexity index is 1060. The lowest BCUT2D eigenvalue weighted by Gasteiger charge is -2.18. The van der Waals surface area contributed by atoms with Crippen molar-refractivity contribution in [1.82, 2.24) is 19.5 Å². The third-order valence-corrected chi connectivity index (χ3v) is 5.06. The van der Waals surface area contributed by atoms with E-state index in [0.29, 0.717) is 37.2 Å². The average molecular weight is 391 g/mol. The number of nitrogens with zero attached hydrogens (tertiary/aromatic N) is 5. The lowest BCUT2D eigenvalue weighted by Crippen LogP contribution is -2.31. The van der Waals surface area contributed by atoms with Gasteiger partial charge in [0.15, 0.2) is 5.65 Å². The number of fused-ring (bicyclic) bond motifs is 1. The van der Waals surface area contributed by atoms with E-state index in [0.717, 1.165) is 22.7 Å². The number of aryl methyl sites for hydroxylation is 3. The molecule has 1 amide bonds. The zero-order valence-electron chi connectivity index (χ0n) is 17.3. The predicted octanol–water partition coefficient (Wildman–Crippen LogP) is 3.00. The van der Waals surface area contributed by atoms with Gasteiger partial charge in [0.2, 0.25) is 5.91 Å². The molecule has 29 heavy (non-hydrogen) atoms. The van der Waals surface area contributed by atoms with Gasteiger partial charge in [-0.15, -0.1) is 0 Å². The first-order valence-electron chi connectivity index (χ1n) is 9.58. The van der Waals surface area contributed by atoms with Gasteiger partial charge >= 0.3 is 0 Å². The SMILES string of the molecule is Cc1ccc(OCCN(C)C(=O)CCc2c(C)nc3c(C#N)cnn3c2C)cc1. The van der Waals surface area contributed by atoms with E-state index in [1.54, 1.807) is 16.5 Å². The second kappa shape index (κ2) is 8.74. The van der Waals surface area contributed by atoms with Gasteiger partial charge in [0.1, 0.15) is 24.0 Å². The van der Waals surface area contributed by atoms with Crippen LogP contribution < -0.4 is 4.74 Å². The molecule has 0 aliphatic carbocycles. The molecule has 7 heteroatoms. The quantitative estimate of drug-likeness (QED) is 0.618. The van der Waals surface area contributed by atoms with Crippen molar-refractivity contribution in [3.8, 4) is 11.8 Å². The van der Waals surface area contributed by atoms with Gasteiger partial charge in [-0.05, 0) is 44.9 Å². The van der Waals surface area contributed by atoms with E-state index in [4.69, 9.17) is 10.00 Å². The van der Waals surface area contributed by atoms with Crippen molar-refractivity contribution in [3.63, 3.8) is 0 Å². The molecule has 0 aliphatic rings. The number of rotatable bonds is 7. The highest BCUT2D eigenvalue weighted by Crippen LogP contribution is 2.18. The summed E-state index contributed by atoms with van der Waals surface area (Å²) in [7, 11) is 1.79. The molecule has 150 valence electrons. The first-order chi connectivity index (χ1) is 13.9. The molecule has 3 aromatic rings. The van der Waals surface area contributed by atoms with Crippen LogP contribution in [0.25, 0.3) is 5.65 Å². The van der Waals surface area contributed by atoms with Crippen molar-refractivity contribution < 1.29 is 9.53 Å². The van der Waals surface area contributed by atoms with E-state index in [2.05, 4.69) is 16.2 Å². The van der Waals surface area contributed by atoms with Crippen LogP contribution in [0.15, 0.2) is 30.5 Å². The maximum atomic E-state index is 12.5. The minimum Gasteiger partial charge on any atom is -0.492 e. The van der Waals surface area contributed by atoms with Gasteiger partial charge in [0, 0.05) is 24.9 Å². The average Bonchev–Trinajstić information content (AvgIpc) is 3.12. The van der Waals surface area contributed by atoms with Gasteiger partial charge < -0.3 is 9.64 Å². The van der Waals surface area contributed by atoms with Crippen molar-refractivity contribution in [1.29, 1.82) is 5.26 Å². The smallest absolute Gasteiger partial charge is 0.222 e. The van der Waals surface area contributed by atoms with Crippen LogP contribution >= 0.6 is 0 Å². The summed E-state index contributed by atoms with van der Waals surface area (Å²) >= 11 is 0. The Morgan fingerprint density at radius 2 is 1.97 bits per heavy atom. The van der Waals surface area contributed by atoms with Crippen LogP contribution in [0.4, 0.5) is 0 Å². The fourth-order valence-electron chi connectivity index (χ4n) is 3.23. The molecule has 0 bridgehead atoms. The first-order valence-corrected chi connectivity index (χ1v) is 9.58. The Hall–Kier alpha value is -3.40. The van der Waals surface area contributed by atoms with Crippen LogP contribution in [0.1, 0.15) is 34.5 Å². The molecule has 0 radical (unpaired) electrons. The van der Waals surface area contributed by atoms with Gasteiger partial charge in [-0.25, -0.2) is 9.50 Å². The van der Waals surface area contributed by atoms with Crippen molar-refractivity contribution in [2.75, 3.05) is 20.2 Å². The highest BCUT2D eigenvalue weighted by Gasteiger charge is 2.16. The summed E-state index contributed by atoms with van der Waals surface area (Å²) < 4.78 is 7.37. The molecule has 0 fully saturated rings. The monoisotopic (exact) mass is 391 g/mol. The fraction of sp³-hybridized carbons (Fsp3) is 0.364. The van der Waals surface area contributed by atoms with Crippen LogP contribution in [0.5, 0.6) is 5.75 Å². The van der Waals surface area contributed by atoms with Crippen molar-refractivity contribution in [2.24, 2.45) is 0 Å². The third kappa shape index (κ3) is 4.54. The number of nitriles is 1. The molecule has 0 saturated carbocycles. The number of aromatic nitrogens is 3. The van der Waals surface area contributed by atoms with Crippen LogP contribution in [-0.4, -0.2) is 45.6 Å². The Morgan fingerprint density at radius 1 is 1.24 bits per heavy atom. The maximum Gasteiger partial charge on any atom is 0.222 e. The van der Waals surface area contributed by atoms with E-state index >= 15 is 0 Å². The van der Waals surface area contributed by atoms with Crippen LogP contribution in [0, 0.1) is 32.1 Å². The normalized spacial score (nSPS) is 10.7. The lowest BCUT2D eigenvalue weighted by atomic mass is 10.1. The van der Waals surface area contributed by atoms with Crippen molar-refractivity contribution in [2.45, 2.75) is 33.6 Å². The fourth-order valence-corrected chi connectivity index (χ4v) is 3.23. The number of hydrogen-bond donors (Lipinski definition) is 0. The number of ether oxygens (including phenoxy) is 1. The number of benzene rings is 1. The highest BCUT2D eigenvalue weighted by atomic mass is 16.5. The number of carbonyl (C=O) groups is 1. The Morgan fingerprint density at radius 3 is 2.66 bits per heavy atom. The minimum absolute atomic E-state index is 0.0505. The summed E-state index contributed by atoms with van der Waals surface area (Å²) in [4.78, 5) is 18.7. The Kier molecular flexibility index (Phi) is 6.13. The second-order valence-electron chi connectivity index (χ2n) is 7.14. The molecule has 0 atom stereocenters.